The Bertz CT molecular complexity index is 425. The third-order valence-electron chi connectivity index (χ3n) is 4.56. The van der Waals surface area contributed by atoms with E-state index in [0.29, 0.717) is 6.04 Å². The zero-order chi connectivity index (χ0) is 14.5. The quantitative estimate of drug-likeness (QED) is 0.851. The summed E-state index contributed by atoms with van der Waals surface area (Å²) in [5, 5.41) is 4.14. The number of nitrogens with one attached hydrogen (secondary N) is 1. The summed E-state index contributed by atoms with van der Waals surface area (Å²) >= 11 is 6.49. The number of rotatable bonds is 5. The van der Waals surface area contributed by atoms with Crippen molar-refractivity contribution in [3.8, 4) is 0 Å². The summed E-state index contributed by atoms with van der Waals surface area (Å²) in [4.78, 5) is 2.45. The average Bonchev–Trinajstić information content (AvgIpc) is 2.47. The Balaban J connectivity index is 2.03. The molecule has 0 spiro atoms. The summed E-state index contributed by atoms with van der Waals surface area (Å²) in [5.74, 6) is 0.915. The molecule has 0 saturated carbocycles. The van der Waals surface area contributed by atoms with E-state index in [1.54, 1.807) is 0 Å². The van der Waals surface area contributed by atoms with E-state index < -0.39 is 0 Å². The van der Waals surface area contributed by atoms with Gasteiger partial charge in [-0.15, -0.1) is 0 Å². The van der Waals surface area contributed by atoms with Crippen LogP contribution in [-0.2, 0) is 0 Å². The highest BCUT2D eigenvalue weighted by Crippen LogP contribution is 2.32. The molecule has 1 aliphatic rings. The van der Waals surface area contributed by atoms with Gasteiger partial charge in [0.05, 0.1) is 10.7 Å². The minimum atomic E-state index is 0.344. The van der Waals surface area contributed by atoms with Crippen LogP contribution < -0.4 is 10.2 Å². The monoisotopic (exact) mass is 294 g/mol. The topological polar surface area (TPSA) is 15.3 Å². The predicted octanol–water partition coefficient (Wildman–Crippen LogP) is 4.64. The van der Waals surface area contributed by atoms with Crippen LogP contribution >= 0.6 is 11.6 Å². The lowest BCUT2D eigenvalue weighted by Crippen LogP contribution is -2.33. The van der Waals surface area contributed by atoms with Crippen LogP contribution in [0.15, 0.2) is 18.2 Å². The summed E-state index contributed by atoms with van der Waals surface area (Å²) in [6.07, 6.45) is 5.29. The van der Waals surface area contributed by atoms with E-state index in [1.165, 1.54) is 36.9 Å². The van der Waals surface area contributed by atoms with Gasteiger partial charge >= 0.3 is 0 Å². The first kappa shape index (κ1) is 15.7. The van der Waals surface area contributed by atoms with Crippen LogP contribution in [0.3, 0.4) is 0 Å². The van der Waals surface area contributed by atoms with E-state index in [0.717, 1.165) is 24.0 Å². The van der Waals surface area contributed by atoms with Gasteiger partial charge < -0.3 is 10.2 Å². The molecule has 0 aromatic heterocycles. The Morgan fingerprint density at radius 2 is 2.05 bits per heavy atom. The largest absolute Gasteiger partial charge is 0.370 e. The molecule has 1 heterocycles. The van der Waals surface area contributed by atoms with Crippen LogP contribution in [-0.4, -0.2) is 20.1 Å². The van der Waals surface area contributed by atoms with Crippen LogP contribution in [0.1, 0.15) is 51.1 Å². The van der Waals surface area contributed by atoms with Crippen LogP contribution in [0.25, 0.3) is 0 Å². The molecule has 2 rings (SSSR count). The molecule has 1 saturated heterocycles. The lowest BCUT2D eigenvalue weighted by Gasteiger charge is -2.34. The average molecular weight is 295 g/mol. The van der Waals surface area contributed by atoms with Gasteiger partial charge in [0.2, 0.25) is 0 Å². The zero-order valence-corrected chi connectivity index (χ0v) is 13.7. The Morgan fingerprint density at radius 1 is 1.35 bits per heavy atom. The molecule has 0 radical (unpaired) electrons. The van der Waals surface area contributed by atoms with Gasteiger partial charge in [-0.25, -0.2) is 0 Å². The number of nitrogens with zero attached hydrogens (tertiary/aromatic N) is 1. The number of hydrogen-bond donors (Lipinski definition) is 1. The molecule has 1 atom stereocenters. The second-order valence-electron chi connectivity index (χ2n) is 5.94. The number of anilines is 1. The third kappa shape index (κ3) is 3.67. The Morgan fingerprint density at radius 3 is 2.60 bits per heavy atom. The minimum Gasteiger partial charge on any atom is -0.370 e. The van der Waals surface area contributed by atoms with Crippen molar-refractivity contribution in [1.82, 2.24) is 5.32 Å². The summed E-state index contributed by atoms with van der Waals surface area (Å²) < 4.78 is 0. The summed E-state index contributed by atoms with van der Waals surface area (Å²) in [6, 6.07) is 6.83. The van der Waals surface area contributed by atoms with Crippen LogP contribution in [0, 0.1) is 5.92 Å². The van der Waals surface area contributed by atoms with E-state index in [-0.39, 0.29) is 0 Å². The fourth-order valence-corrected chi connectivity index (χ4v) is 3.39. The molecule has 0 amide bonds. The van der Waals surface area contributed by atoms with E-state index in [1.807, 2.05) is 7.05 Å². The fourth-order valence-electron chi connectivity index (χ4n) is 3.09. The highest BCUT2D eigenvalue weighted by atomic mass is 35.5. The molecule has 1 N–H and O–H groups in total. The minimum absolute atomic E-state index is 0.344. The maximum Gasteiger partial charge on any atom is 0.0642 e. The Labute approximate surface area is 128 Å². The molecule has 1 unspecified atom stereocenters. The van der Waals surface area contributed by atoms with Crippen LogP contribution in [0.2, 0.25) is 5.02 Å². The SMILES string of the molecule is CCCC1CCN(c2ccc(C(C)NC)cc2Cl)CC1. The van der Waals surface area contributed by atoms with E-state index in [4.69, 9.17) is 11.6 Å². The number of benzene rings is 1. The van der Waals surface area contributed by atoms with Gasteiger partial charge in [0.25, 0.3) is 0 Å². The molecule has 20 heavy (non-hydrogen) atoms. The van der Waals surface area contributed by atoms with Gasteiger partial charge in [-0.1, -0.05) is 37.4 Å². The Hall–Kier alpha value is -0.730. The zero-order valence-electron chi connectivity index (χ0n) is 13.0. The van der Waals surface area contributed by atoms with Crippen molar-refractivity contribution < 1.29 is 0 Å². The lowest BCUT2D eigenvalue weighted by atomic mass is 9.92. The smallest absolute Gasteiger partial charge is 0.0642 e. The van der Waals surface area contributed by atoms with Crippen LogP contribution in [0.5, 0.6) is 0 Å². The van der Waals surface area contributed by atoms with Gasteiger partial charge in [0.1, 0.15) is 0 Å². The highest BCUT2D eigenvalue weighted by molar-refractivity contribution is 6.33. The summed E-state index contributed by atoms with van der Waals surface area (Å²) in [5.41, 5.74) is 2.45. The van der Waals surface area contributed by atoms with Crippen molar-refractivity contribution in [2.75, 3.05) is 25.0 Å². The molecule has 1 aromatic carbocycles. The standard InChI is InChI=1S/C17H27ClN2/c1-4-5-14-8-10-20(11-9-14)17-7-6-15(12-16(17)18)13(2)19-3/h6-7,12-14,19H,4-5,8-11H2,1-3H3. The van der Waals surface area contributed by atoms with Crippen LogP contribution in [0.4, 0.5) is 5.69 Å². The lowest BCUT2D eigenvalue weighted by molar-refractivity contribution is 0.378. The van der Waals surface area contributed by atoms with E-state index in [9.17, 15) is 0 Å². The van der Waals surface area contributed by atoms with Gasteiger partial charge in [0, 0.05) is 19.1 Å². The molecular formula is C17H27ClN2. The molecular weight excluding hydrogens is 268 g/mol. The second-order valence-corrected chi connectivity index (χ2v) is 6.35. The molecule has 3 heteroatoms. The summed E-state index contributed by atoms with van der Waals surface area (Å²) in [7, 11) is 1.98. The molecule has 2 nitrogen and oxygen atoms in total. The van der Waals surface area contributed by atoms with Crippen molar-refractivity contribution in [2.45, 2.75) is 45.6 Å². The van der Waals surface area contributed by atoms with E-state index >= 15 is 0 Å². The highest BCUT2D eigenvalue weighted by Gasteiger charge is 2.20. The maximum absolute atomic E-state index is 6.49. The van der Waals surface area contributed by atoms with Gasteiger partial charge in [-0.2, -0.15) is 0 Å². The second kappa shape index (κ2) is 7.33. The van der Waals surface area contributed by atoms with Crippen molar-refractivity contribution in [2.24, 2.45) is 5.92 Å². The summed E-state index contributed by atoms with van der Waals surface area (Å²) in [6.45, 7) is 6.73. The Kier molecular flexibility index (Phi) is 5.74. The molecule has 1 fully saturated rings. The maximum atomic E-state index is 6.49. The molecule has 1 aromatic rings. The number of hydrogen-bond acceptors (Lipinski definition) is 2. The van der Waals surface area contributed by atoms with Crippen molar-refractivity contribution in [3.05, 3.63) is 28.8 Å². The van der Waals surface area contributed by atoms with Gasteiger partial charge in [-0.3, -0.25) is 0 Å². The first-order chi connectivity index (χ1) is 9.65. The van der Waals surface area contributed by atoms with Gasteiger partial charge in [0.15, 0.2) is 0 Å². The van der Waals surface area contributed by atoms with Crippen molar-refractivity contribution in [1.29, 1.82) is 0 Å². The normalized spacial score (nSPS) is 18.3. The fraction of sp³-hybridized carbons (Fsp3) is 0.647. The predicted molar refractivity (Wildman–Crippen MR) is 88.8 cm³/mol. The third-order valence-corrected chi connectivity index (χ3v) is 4.86. The first-order valence-corrected chi connectivity index (χ1v) is 8.25. The first-order valence-electron chi connectivity index (χ1n) is 7.87. The molecule has 112 valence electrons. The van der Waals surface area contributed by atoms with Crippen molar-refractivity contribution in [3.63, 3.8) is 0 Å². The molecule has 1 aliphatic heterocycles. The van der Waals surface area contributed by atoms with E-state index in [2.05, 4.69) is 42.3 Å². The van der Waals surface area contributed by atoms with Crippen molar-refractivity contribution >= 4 is 17.3 Å². The number of halogens is 1. The molecule has 0 bridgehead atoms. The number of piperidine rings is 1. The molecule has 0 aliphatic carbocycles. The van der Waals surface area contributed by atoms with Gasteiger partial charge in [-0.05, 0) is 50.4 Å².